The maximum atomic E-state index is 4.47. The molecule has 23 heavy (non-hydrogen) atoms. The molecule has 118 valence electrons. The normalized spacial score (nSPS) is 10.8. The van der Waals surface area contributed by atoms with Crippen molar-refractivity contribution < 1.29 is 0 Å². The van der Waals surface area contributed by atoms with Crippen LogP contribution in [0.1, 0.15) is 31.0 Å². The van der Waals surface area contributed by atoms with E-state index in [-0.39, 0.29) is 15.0 Å². The van der Waals surface area contributed by atoms with Crippen LogP contribution in [0.15, 0.2) is 60.7 Å². The molecule has 0 saturated carbocycles. The van der Waals surface area contributed by atoms with E-state index in [1.165, 1.54) is 33.2 Å². The zero-order chi connectivity index (χ0) is 15.9. The van der Waals surface area contributed by atoms with Gasteiger partial charge in [-0.25, -0.2) is 0 Å². The van der Waals surface area contributed by atoms with Gasteiger partial charge in [-0.15, -0.1) is 0 Å². The zero-order valence-corrected chi connectivity index (χ0v) is 15.1. The van der Waals surface area contributed by atoms with Gasteiger partial charge in [0.1, 0.15) is 0 Å². The van der Waals surface area contributed by atoms with Crippen LogP contribution in [0.2, 0.25) is 0 Å². The third kappa shape index (κ3) is 4.31. The molecule has 0 aliphatic rings. The van der Waals surface area contributed by atoms with Crippen molar-refractivity contribution in [3.05, 3.63) is 71.9 Å². The van der Waals surface area contributed by atoms with Gasteiger partial charge in [0.25, 0.3) is 0 Å². The predicted octanol–water partition coefficient (Wildman–Crippen LogP) is 2.32. The summed E-state index contributed by atoms with van der Waals surface area (Å²) in [6.45, 7) is 3.01. The van der Waals surface area contributed by atoms with E-state index in [0.29, 0.717) is 0 Å². The number of nitrogens with zero attached hydrogens (tertiary/aromatic N) is 3. The summed E-state index contributed by atoms with van der Waals surface area (Å²) in [4.78, 5) is 0. The molecule has 0 bridgehead atoms. The fourth-order valence-corrected chi connectivity index (χ4v) is 4.48. The number of rotatable bonds is 7. The molecule has 3 rings (SSSR count). The molecule has 2 aromatic carbocycles. The molecule has 0 saturated heterocycles. The van der Waals surface area contributed by atoms with E-state index in [0.717, 1.165) is 13.0 Å². The van der Waals surface area contributed by atoms with E-state index in [1.807, 2.05) is 6.07 Å². The molecule has 0 N–H and O–H groups in total. The molecule has 3 nitrogen and oxygen atoms in total. The quantitative estimate of drug-likeness (QED) is 0.598. The Morgan fingerprint density at radius 1 is 0.957 bits per heavy atom. The molecule has 0 aliphatic carbocycles. The second-order valence-corrected chi connectivity index (χ2v) is 7.73. The Labute approximate surface area is 143 Å². The monoisotopic (exact) mass is 371 g/mol. The van der Waals surface area contributed by atoms with E-state index < -0.39 is 0 Å². The second kappa shape index (κ2) is 8.09. The van der Waals surface area contributed by atoms with Crippen molar-refractivity contribution in [2.75, 3.05) is 0 Å². The van der Waals surface area contributed by atoms with Crippen LogP contribution < -0.4 is 9.05 Å². The van der Waals surface area contributed by atoms with Gasteiger partial charge in [0.05, 0.1) is 0 Å². The Balaban J connectivity index is 1.87. The molecule has 1 heterocycles. The molecular weight excluding hydrogens is 349 g/mol. The summed E-state index contributed by atoms with van der Waals surface area (Å²) >= 11 is 0.239. The average molecular weight is 370 g/mol. The second-order valence-electron chi connectivity index (χ2n) is 5.50. The fourth-order valence-electron chi connectivity index (χ4n) is 2.41. The summed E-state index contributed by atoms with van der Waals surface area (Å²) in [5.74, 6) is 0. The van der Waals surface area contributed by atoms with Gasteiger partial charge in [-0.3, -0.25) is 0 Å². The van der Waals surface area contributed by atoms with Crippen LogP contribution in [0.5, 0.6) is 0 Å². The van der Waals surface area contributed by atoms with Crippen LogP contribution in [0.25, 0.3) is 0 Å². The number of hydrogen-bond acceptors (Lipinski definition) is 2. The summed E-state index contributed by atoms with van der Waals surface area (Å²) in [7, 11) is 0. The van der Waals surface area contributed by atoms with Crippen molar-refractivity contribution in [3.8, 4) is 0 Å². The Hall–Kier alpha value is -1.90. The molecule has 0 atom stereocenters. The third-order valence-electron chi connectivity index (χ3n) is 3.65. The topological polar surface area (TPSA) is 30.7 Å². The average Bonchev–Trinajstić information content (AvgIpc) is 2.96. The third-order valence-corrected chi connectivity index (χ3v) is 6.06. The van der Waals surface area contributed by atoms with Gasteiger partial charge < -0.3 is 0 Å². The molecule has 4 heteroatoms. The number of aryl methyl sites for hydroxylation is 1. The molecule has 1 aromatic heterocycles. The standard InChI is InChI=1S/C19H21N3Se/c1-2-3-14-18-19(23-17-12-8-5-9-13-17)22(21-20-18)15-16-10-6-4-7-11-16/h4-13H,2-3,14-15H2,1H3. The molecule has 3 aromatic rings. The molecule has 0 aliphatic heterocycles. The fraction of sp³-hybridized carbons (Fsp3) is 0.263. The first-order valence-electron chi connectivity index (χ1n) is 8.06. The Morgan fingerprint density at radius 3 is 2.35 bits per heavy atom. The molecule has 0 fully saturated rings. The summed E-state index contributed by atoms with van der Waals surface area (Å²) < 4.78 is 4.77. The zero-order valence-electron chi connectivity index (χ0n) is 13.4. The maximum absolute atomic E-state index is 4.47. The van der Waals surface area contributed by atoms with E-state index in [2.05, 4.69) is 76.5 Å². The molecule has 0 radical (unpaired) electrons. The van der Waals surface area contributed by atoms with E-state index in [4.69, 9.17) is 0 Å². The number of benzene rings is 2. The van der Waals surface area contributed by atoms with Crippen molar-refractivity contribution in [2.24, 2.45) is 0 Å². The van der Waals surface area contributed by atoms with Crippen LogP contribution in [-0.2, 0) is 13.0 Å². The number of hydrogen-bond donors (Lipinski definition) is 0. The first-order valence-corrected chi connectivity index (χ1v) is 9.77. The molecular formula is C19H21N3Se. The first-order chi connectivity index (χ1) is 11.4. The SMILES string of the molecule is CCCCc1nnn(Cc2ccccc2)c1[Se]c1ccccc1. The number of aromatic nitrogens is 3. The van der Waals surface area contributed by atoms with Gasteiger partial charge in [-0.2, -0.15) is 0 Å². The van der Waals surface area contributed by atoms with Gasteiger partial charge in [-0.05, 0) is 0 Å². The number of unbranched alkanes of at least 4 members (excludes halogenated alkanes) is 1. The molecule has 0 spiro atoms. The first kappa shape index (κ1) is 16.0. The minimum absolute atomic E-state index is 0.239. The van der Waals surface area contributed by atoms with Gasteiger partial charge >= 0.3 is 144 Å². The van der Waals surface area contributed by atoms with Crippen molar-refractivity contribution in [2.45, 2.75) is 32.7 Å². The summed E-state index contributed by atoms with van der Waals surface area (Å²) in [5, 5.41) is 8.92. The summed E-state index contributed by atoms with van der Waals surface area (Å²) in [6, 6.07) is 21.2. The van der Waals surface area contributed by atoms with Crippen molar-refractivity contribution >= 4 is 24.0 Å². The van der Waals surface area contributed by atoms with Gasteiger partial charge in [-0.1, -0.05) is 0 Å². The Kier molecular flexibility index (Phi) is 5.62. The summed E-state index contributed by atoms with van der Waals surface area (Å²) in [6.07, 6.45) is 3.38. The Bertz CT molecular complexity index is 723. The van der Waals surface area contributed by atoms with E-state index in [9.17, 15) is 0 Å². The minimum atomic E-state index is 0.239. The van der Waals surface area contributed by atoms with Gasteiger partial charge in [0.15, 0.2) is 0 Å². The van der Waals surface area contributed by atoms with Crippen LogP contribution in [0, 0.1) is 0 Å². The Morgan fingerprint density at radius 2 is 1.65 bits per heavy atom. The predicted molar refractivity (Wildman–Crippen MR) is 95.6 cm³/mol. The van der Waals surface area contributed by atoms with Crippen LogP contribution in [0.3, 0.4) is 0 Å². The molecule has 0 unspecified atom stereocenters. The van der Waals surface area contributed by atoms with Crippen LogP contribution in [-0.4, -0.2) is 30.0 Å². The van der Waals surface area contributed by atoms with E-state index in [1.54, 1.807) is 0 Å². The van der Waals surface area contributed by atoms with Crippen molar-refractivity contribution in [1.29, 1.82) is 0 Å². The van der Waals surface area contributed by atoms with Crippen LogP contribution >= 0.6 is 0 Å². The van der Waals surface area contributed by atoms with E-state index >= 15 is 0 Å². The van der Waals surface area contributed by atoms with Crippen LogP contribution in [0.4, 0.5) is 0 Å². The summed E-state index contributed by atoms with van der Waals surface area (Å²) in [5.41, 5.74) is 2.44. The van der Waals surface area contributed by atoms with Crippen molar-refractivity contribution in [3.63, 3.8) is 0 Å². The van der Waals surface area contributed by atoms with Gasteiger partial charge in [0.2, 0.25) is 0 Å². The van der Waals surface area contributed by atoms with Crippen molar-refractivity contribution in [1.82, 2.24) is 15.0 Å². The molecule has 0 amide bonds. The van der Waals surface area contributed by atoms with Gasteiger partial charge in [0, 0.05) is 0 Å².